The standard InChI is InChI=1S/C10H12F3NS/c1-2-15-8-3-4-9(10(11,12)13)7(5-8)6-14/h3-5H,2,6,14H2,1H3. The molecule has 5 heteroatoms. The predicted octanol–water partition coefficient (Wildman–Crippen LogP) is 3.28. The van der Waals surface area contributed by atoms with E-state index in [9.17, 15) is 13.2 Å². The van der Waals surface area contributed by atoms with Gasteiger partial charge < -0.3 is 5.73 Å². The normalized spacial score (nSPS) is 11.8. The van der Waals surface area contributed by atoms with Crippen LogP contribution in [0.15, 0.2) is 23.1 Å². The zero-order valence-electron chi connectivity index (χ0n) is 8.27. The maximum Gasteiger partial charge on any atom is 0.416 e. The van der Waals surface area contributed by atoms with E-state index < -0.39 is 11.7 Å². The maximum atomic E-state index is 12.5. The molecule has 2 N–H and O–H groups in total. The lowest BCUT2D eigenvalue weighted by molar-refractivity contribution is -0.138. The molecule has 0 aliphatic carbocycles. The fraction of sp³-hybridized carbons (Fsp3) is 0.400. The average molecular weight is 235 g/mol. The molecule has 0 saturated carbocycles. The van der Waals surface area contributed by atoms with E-state index >= 15 is 0 Å². The minimum atomic E-state index is -4.32. The fourth-order valence-electron chi connectivity index (χ4n) is 1.27. The number of nitrogens with two attached hydrogens (primary N) is 1. The van der Waals surface area contributed by atoms with Crippen LogP contribution < -0.4 is 5.73 Å². The molecule has 0 aliphatic heterocycles. The first kappa shape index (κ1) is 12.4. The molecule has 0 unspecified atom stereocenters. The van der Waals surface area contributed by atoms with Gasteiger partial charge in [-0.25, -0.2) is 0 Å². The van der Waals surface area contributed by atoms with E-state index in [2.05, 4.69) is 0 Å². The van der Waals surface area contributed by atoms with Crippen molar-refractivity contribution in [2.45, 2.75) is 24.5 Å². The van der Waals surface area contributed by atoms with Gasteiger partial charge in [0.15, 0.2) is 0 Å². The van der Waals surface area contributed by atoms with Crippen molar-refractivity contribution < 1.29 is 13.2 Å². The van der Waals surface area contributed by atoms with Crippen molar-refractivity contribution in [1.29, 1.82) is 0 Å². The van der Waals surface area contributed by atoms with Crippen molar-refractivity contribution in [3.8, 4) is 0 Å². The molecule has 0 aromatic heterocycles. The summed E-state index contributed by atoms with van der Waals surface area (Å²) in [4.78, 5) is 0.825. The number of halogens is 3. The molecule has 84 valence electrons. The van der Waals surface area contributed by atoms with Crippen LogP contribution in [0.5, 0.6) is 0 Å². The highest BCUT2D eigenvalue weighted by Crippen LogP contribution is 2.33. The Morgan fingerprint density at radius 3 is 2.47 bits per heavy atom. The molecule has 0 radical (unpaired) electrons. The Morgan fingerprint density at radius 2 is 2.00 bits per heavy atom. The van der Waals surface area contributed by atoms with Crippen molar-refractivity contribution >= 4 is 11.8 Å². The van der Waals surface area contributed by atoms with Gasteiger partial charge in [0.25, 0.3) is 0 Å². The van der Waals surface area contributed by atoms with Crippen LogP contribution in [-0.4, -0.2) is 5.75 Å². The van der Waals surface area contributed by atoms with Crippen LogP contribution in [0, 0.1) is 0 Å². The quantitative estimate of drug-likeness (QED) is 0.814. The summed E-state index contributed by atoms with van der Waals surface area (Å²) in [7, 11) is 0. The second kappa shape index (κ2) is 4.90. The van der Waals surface area contributed by atoms with Crippen molar-refractivity contribution in [1.82, 2.24) is 0 Å². The molecule has 1 nitrogen and oxygen atoms in total. The summed E-state index contributed by atoms with van der Waals surface area (Å²) in [5.41, 5.74) is 4.82. The zero-order valence-corrected chi connectivity index (χ0v) is 9.08. The van der Waals surface area contributed by atoms with Crippen LogP contribution in [0.2, 0.25) is 0 Å². The molecule has 1 aromatic rings. The minimum absolute atomic E-state index is 0.0903. The van der Waals surface area contributed by atoms with E-state index in [0.717, 1.165) is 16.7 Å². The minimum Gasteiger partial charge on any atom is -0.326 e. The molecule has 0 aliphatic rings. The second-order valence-corrected chi connectivity index (χ2v) is 4.29. The summed E-state index contributed by atoms with van der Waals surface area (Å²) >= 11 is 1.50. The lowest BCUT2D eigenvalue weighted by Crippen LogP contribution is -2.11. The summed E-state index contributed by atoms with van der Waals surface area (Å²) in [6, 6.07) is 4.09. The monoisotopic (exact) mass is 235 g/mol. The lowest BCUT2D eigenvalue weighted by Gasteiger charge is -2.12. The number of thioether (sulfide) groups is 1. The van der Waals surface area contributed by atoms with E-state index in [1.54, 1.807) is 0 Å². The van der Waals surface area contributed by atoms with Gasteiger partial charge in [0, 0.05) is 11.4 Å². The van der Waals surface area contributed by atoms with Gasteiger partial charge in [0.2, 0.25) is 0 Å². The molecule has 0 atom stereocenters. The first-order valence-corrected chi connectivity index (χ1v) is 5.50. The second-order valence-electron chi connectivity index (χ2n) is 2.95. The van der Waals surface area contributed by atoms with Crippen LogP contribution >= 0.6 is 11.8 Å². The third kappa shape index (κ3) is 3.14. The molecule has 15 heavy (non-hydrogen) atoms. The van der Waals surface area contributed by atoms with Gasteiger partial charge in [-0.3, -0.25) is 0 Å². The Bertz CT molecular complexity index is 336. The van der Waals surface area contributed by atoms with Gasteiger partial charge in [-0.1, -0.05) is 6.92 Å². The summed E-state index contributed by atoms with van der Waals surface area (Å²) in [6.07, 6.45) is -4.32. The van der Waals surface area contributed by atoms with E-state index in [1.807, 2.05) is 6.92 Å². The Labute approximate surface area is 90.9 Å². The van der Waals surface area contributed by atoms with Crippen molar-refractivity contribution in [3.63, 3.8) is 0 Å². The average Bonchev–Trinajstić information content (AvgIpc) is 2.16. The fourth-order valence-corrected chi connectivity index (χ4v) is 2.00. The van der Waals surface area contributed by atoms with E-state index in [1.165, 1.54) is 23.9 Å². The Balaban J connectivity index is 3.09. The Hall–Kier alpha value is -0.680. The lowest BCUT2D eigenvalue weighted by atomic mass is 10.1. The highest BCUT2D eigenvalue weighted by atomic mass is 32.2. The summed E-state index contributed by atoms with van der Waals surface area (Å²) in [5.74, 6) is 0.829. The van der Waals surface area contributed by atoms with Gasteiger partial charge in [-0.2, -0.15) is 13.2 Å². The van der Waals surface area contributed by atoms with E-state index in [-0.39, 0.29) is 12.1 Å². The largest absolute Gasteiger partial charge is 0.416 e. The molecule has 0 heterocycles. The maximum absolute atomic E-state index is 12.5. The molecule has 0 fully saturated rings. The summed E-state index contributed by atoms with van der Waals surface area (Å²) < 4.78 is 37.5. The number of hydrogen-bond donors (Lipinski definition) is 1. The number of hydrogen-bond acceptors (Lipinski definition) is 2. The van der Waals surface area contributed by atoms with Crippen LogP contribution in [0.1, 0.15) is 18.1 Å². The van der Waals surface area contributed by atoms with Crippen LogP contribution in [0.25, 0.3) is 0 Å². The first-order chi connectivity index (χ1) is 6.99. The SMILES string of the molecule is CCSc1ccc(C(F)(F)F)c(CN)c1. The molecule has 1 rings (SSSR count). The van der Waals surface area contributed by atoms with Crippen LogP contribution in [0.3, 0.4) is 0 Å². The third-order valence-corrected chi connectivity index (χ3v) is 2.79. The molecule has 1 aromatic carbocycles. The summed E-state index contributed by atoms with van der Waals surface area (Å²) in [6.45, 7) is 1.86. The molecular weight excluding hydrogens is 223 g/mol. The van der Waals surface area contributed by atoms with Gasteiger partial charge in [-0.05, 0) is 29.5 Å². The number of rotatable bonds is 3. The summed E-state index contributed by atoms with van der Waals surface area (Å²) in [5, 5.41) is 0. The molecule has 0 saturated heterocycles. The predicted molar refractivity (Wildman–Crippen MR) is 55.7 cm³/mol. The van der Waals surface area contributed by atoms with Crippen molar-refractivity contribution in [3.05, 3.63) is 29.3 Å². The first-order valence-electron chi connectivity index (χ1n) is 4.52. The smallest absolute Gasteiger partial charge is 0.326 e. The van der Waals surface area contributed by atoms with Gasteiger partial charge in [0.05, 0.1) is 5.56 Å². The van der Waals surface area contributed by atoms with E-state index in [0.29, 0.717) is 0 Å². The highest BCUT2D eigenvalue weighted by Gasteiger charge is 2.32. The molecule has 0 amide bonds. The van der Waals surface area contributed by atoms with Crippen molar-refractivity contribution in [2.24, 2.45) is 5.73 Å². The van der Waals surface area contributed by atoms with Gasteiger partial charge in [0.1, 0.15) is 0 Å². The zero-order chi connectivity index (χ0) is 11.5. The number of benzene rings is 1. The topological polar surface area (TPSA) is 26.0 Å². The molecule has 0 spiro atoms. The van der Waals surface area contributed by atoms with Gasteiger partial charge >= 0.3 is 6.18 Å². The highest BCUT2D eigenvalue weighted by molar-refractivity contribution is 7.99. The molecule has 0 bridgehead atoms. The number of alkyl halides is 3. The Kier molecular flexibility index (Phi) is 4.04. The van der Waals surface area contributed by atoms with Crippen LogP contribution in [-0.2, 0) is 12.7 Å². The van der Waals surface area contributed by atoms with Gasteiger partial charge in [-0.15, -0.1) is 11.8 Å². The molecular formula is C10H12F3NS. The van der Waals surface area contributed by atoms with Crippen LogP contribution in [0.4, 0.5) is 13.2 Å². The Morgan fingerprint density at radius 1 is 1.33 bits per heavy atom. The third-order valence-electron chi connectivity index (χ3n) is 1.91. The van der Waals surface area contributed by atoms with E-state index in [4.69, 9.17) is 5.73 Å². The van der Waals surface area contributed by atoms with Crippen molar-refractivity contribution in [2.75, 3.05) is 5.75 Å².